The molecule has 1 unspecified atom stereocenters. The van der Waals surface area contributed by atoms with Crippen LogP contribution in [0, 0.1) is 0 Å². The second-order valence-electron chi connectivity index (χ2n) is 5.10. The van der Waals surface area contributed by atoms with Crippen molar-refractivity contribution in [3.05, 3.63) is 70.8 Å². The zero-order valence-electron chi connectivity index (χ0n) is 11.0. The van der Waals surface area contributed by atoms with Crippen LogP contribution in [0.25, 0.3) is 0 Å². The molecule has 1 aliphatic carbocycles. The lowest BCUT2D eigenvalue weighted by Gasteiger charge is -2.09. The van der Waals surface area contributed by atoms with Crippen molar-refractivity contribution in [3.8, 4) is 0 Å². The minimum absolute atomic E-state index is 0.0245. The predicted octanol–water partition coefficient (Wildman–Crippen LogP) is 2.43. The van der Waals surface area contributed by atoms with E-state index in [-0.39, 0.29) is 17.6 Å². The topological polar surface area (TPSA) is 60.2 Å². The fourth-order valence-electron chi connectivity index (χ4n) is 2.80. The highest BCUT2D eigenvalue weighted by atomic mass is 16.1. The Morgan fingerprint density at radius 3 is 2.45 bits per heavy atom. The van der Waals surface area contributed by atoms with Crippen LogP contribution in [0.3, 0.4) is 0 Å². The standard InChI is InChI=1S/C17H15NO2/c18-17(20)14-9-8-11-6-7-13(10-15(11)14)16(19)12-4-2-1-3-5-12/h1-7,10,14H,8-9H2,(H2,18,20). The zero-order chi connectivity index (χ0) is 14.1. The molecule has 3 heteroatoms. The van der Waals surface area contributed by atoms with Crippen molar-refractivity contribution in [2.24, 2.45) is 5.73 Å². The van der Waals surface area contributed by atoms with Crippen molar-refractivity contribution in [1.82, 2.24) is 0 Å². The van der Waals surface area contributed by atoms with E-state index in [0.717, 1.165) is 24.0 Å². The molecule has 0 saturated carbocycles. The SMILES string of the molecule is NC(=O)C1CCc2ccc(C(=O)c3ccccc3)cc21. The van der Waals surface area contributed by atoms with Crippen LogP contribution >= 0.6 is 0 Å². The van der Waals surface area contributed by atoms with Gasteiger partial charge in [0.25, 0.3) is 0 Å². The number of carbonyl (C=O) groups excluding carboxylic acids is 2. The van der Waals surface area contributed by atoms with Crippen molar-refractivity contribution in [3.63, 3.8) is 0 Å². The molecule has 2 N–H and O–H groups in total. The van der Waals surface area contributed by atoms with Crippen molar-refractivity contribution in [2.75, 3.05) is 0 Å². The highest BCUT2D eigenvalue weighted by molar-refractivity contribution is 6.09. The lowest BCUT2D eigenvalue weighted by molar-refractivity contribution is -0.119. The smallest absolute Gasteiger partial charge is 0.224 e. The molecule has 0 bridgehead atoms. The lowest BCUT2D eigenvalue weighted by Crippen LogP contribution is -2.19. The first-order valence-electron chi connectivity index (χ1n) is 6.68. The van der Waals surface area contributed by atoms with E-state index in [9.17, 15) is 9.59 Å². The van der Waals surface area contributed by atoms with E-state index in [1.807, 2.05) is 36.4 Å². The van der Waals surface area contributed by atoms with E-state index in [1.165, 1.54) is 0 Å². The normalized spacial score (nSPS) is 16.7. The Hall–Kier alpha value is -2.42. The third kappa shape index (κ3) is 2.11. The van der Waals surface area contributed by atoms with Gasteiger partial charge in [-0.05, 0) is 30.0 Å². The molecule has 3 rings (SSSR count). The number of benzene rings is 2. The van der Waals surface area contributed by atoms with Crippen LogP contribution in [0.4, 0.5) is 0 Å². The van der Waals surface area contributed by atoms with Gasteiger partial charge in [-0.1, -0.05) is 42.5 Å². The third-order valence-corrected chi connectivity index (χ3v) is 3.87. The first-order chi connectivity index (χ1) is 9.66. The van der Waals surface area contributed by atoms with Crippen molar-refractivity contribution >= 4 is 11.7 Å². The van der Waals surface area contributed by atoms with E-state index < -0.39 is 0 Å². The number of carbonyl (C=O) groups is 2. The largest absolute Gasteiger partial charge is 0.369 e. The molecule has 3 nitrogen and oxygen atoms in total. The molecular weight excluding hydrogens is 250 g/mol. The Morgan fingerprint density at radius 2 is 1.75 bits per heavy atom. The number of hydrogen-bond acceptors (Lipinski definition) is 2. The van der Waals surface area contributed by atoms with Crippen molar-refractivity contribution in [2.45, 2.75) is 18.8 Å². The molecule has 0 heterocycles. The van der Waals surface area contributed by atoms with Crippen LogP contribution in [0.15, 0.2) is 48.5 Å². The van der Waals surface area contributed by atoms with Gasteiger partial charge in [0.15, 0.2) is 5.78 Å². The summed E-state index contributed by atoms with van der Waals surface area (Å²) in [7, 11) is 0. The second-order valence-corrected chi connectivity index (χ2v) is 5.10. The maximum Gasteiger partial charge on any atom is 0.224 e. The van der Waals surface area contributed by atoms with Gasteiger partial charge in [-0.25, -0.2) is 0 Å². The van der Waals surface area contributed by atoms with Gasteiger partial charge in [-0.15, -0.1) is 0 Å². The molecular formula is C17H15NO2. The van der Waals surface area contributed by atoms with Crippen LogP contribution in [0.5, 0.6) is 0 Å². The number of nitrogens with two attached hydrogens (primary N) is 1. The molecule has 2 aromatic rings. The molecule has 1 amide bonds. The number of primary amides is 1. The van der Waals surface area contributed by atoms with Crippen LogP contribution in [-0.2, 0) is 11.2 Å². The van der Waals surface area contributed by atoms with Gasteiger partial charge in [0.05, 0.1) is 5.92 Å². The number of ketones is 1. The summed E-state index contributed by atoms with van der Waals surface area (Å²) in [6.07, 6.45) is 1.59. The Morgan fingerprint density at radius 1 is 1.00 bits per heavy atom. The van der Waals surface area contributed by atoms with Gasteiger partial charge >= 0.3 is 0 Å². The third-order valence-electron chi connectivity index (χ3n) is 3.87. The Balaban J connectivity index is 1.99. The number of hydrogen-bond donors (Lipinski definition) is 1. The van der Waals surface area contributed by atoms with Gasteiger partial charge in [0, 0.05) is 11.1 Å². The summed E-state index contributed by atoms with van der Waals surface area (Å²) in [5, 5.41) is 0. The summed E-state index contributed by atoms with van der Waals surface area (Å²) in [6.45, 7) is 0. The van der Waals surface area contributed by atoms with Crippen LogP contribution < -0.4 is 5.73 Å². The number of aryl methyl sites for hydroxylation is 1. The molecule has 2 aromatic carbocycles. The first kappa shape index (κ1) is 12.6. The first-order valence-corrected chi connectivity index (χ1v) is 6.68. The highest BCUT2D eigenvalue weighted by Gasteiger charge is 2.27. The van der Waals surface area contributed by atoms with E-state index in [1.54, 1.807) is 12.1 Å². The van der Waals surface area contributed by atoms with Crippen LogP contribution in [0.1, 0.15) is 39.4 Å². The van der Waals surface area contributed by atoms with Crippen molar-refractivity contribution in [1.29, 1.82) is 0 Å². The molecule has 100 valence electrons. The molecule has 0 aromatic heterocycles. The summed E-state index contributed by atoms with van der Waals surface area (Å²) in [4.78, 5) is 23.9. The summed E-state index contributed by atoms with van der Waals surface area (Å²) in [6, 6.07) is 14.7. The van der Waals surface area contributed by atoms with Gasteiger partial charge in [0.1, 0.15) is 0 Å². The molecule has 0 radical (unpaired) electrons. The molecule has 0 spiro atoms. The molecule has 20 heavy (non-hydrogen) atoms. The number of amides is 1. The summed E-state index contributed by atoms with van der Waals surface area (Å²) in [5.41, 5.74) is 8.73. The van der Waals surface area contributed by atoms with Crippen molar-refractivity contribution < 1.29 is 9.59 Å². The fourth-order valence-corrected chi connectivity index (χ4v) is 2.80. The molecule has 0 aliphatic heterocycles. The minimum atomic E-state index is -0.312. The quantitative estimate of drug-likeness (QED) is 0.866. The van der Waals surface area contributed by atoms with E-state index in [4.69, 9.17) is 5.73 Å². The number of fused-ring (bicyclic) bond motifs is 1. The Bertz CT molecular complexity index is 677. The average Bonchev–Trinajstić information content (AvgIpc) is 2.90. The monoisotopic (exact) mass is 265 g/mol. The number of rotatable bonds is 3. The molecule has 0 saturated heterocycles. The van der Waals surface area contributed by atoms with Crippen LogP contribution in [-0.4, -0.2) is 11.7 Å². The maximum atomic E-state index is 12.4. The molecule has 1 aliphatic rings. The Kier molecular flexibility index (Phi) is 3.11. The maximum absolute atomic E-state index is 12.4. The predicted molar refractivity (Wildman–Crippen MR) is 76.6 cm³/mol. The van der Waals surface area contributed by atoms with Gasteiger partial charge in [-0.3, -0.25) is 9.59 Å². The van der Waals surface area contributed by atoms with Gasteiger partial charge in [0.2, 0.25) is 5.91 Å². The molecule has 1 atom stereocenters. The van der Waals surface area contributed by atoms with Gasteiger partial charge < -0.3 is 5.73 Å². The summed E-state index contributed by atoms with van der Waals surface area (Å²) < 4.78 is 0. The fraction of sp³-hybridized carbons (Fsp3) is 0.176. The Labute approximate surface area is 117 Å². The van der Waals surface area contributed by atoms with Crippen LogP contribution in [0.2, 0.25) is 0 Å². The lowest BCUT2D eigenvalue weighted by atomic mass is 9.95. The van der Waals surface area contributed by atoms with E-state index in [0.29, 0.717) is 11.1 Å². The average molecular weight is 265 g/mol. The summed E-state index contributed by atoms with van der Waals surface area (Å²) >= 11 is 0. The second kappa shape index (κ2) is 4.93. The summed E-state index contributed by atoms with van der Waals surface area (Å²) in [5.74, 6) is -0.592. The molecule has 0 fully saturated rings. The van der Waals surface area contributed by atoms with E-state index >= 15 is 0 Å². The highest BCUT2D eigenvalue weighted by Crippen LogP contribution is 2.33. The minimum Gasteiger partial charge on any atom is -0.369 e. The van der Waals surface area contributed by atoms with Gasteiger partial charge in [-0.2, -0.15) is 0 Å². The van der Waals surface area contributed by atoms with E-state index in [2.05, 4.69) is 0 Å². The zero-order valence-corrected chi connectivity index (χ0v) is 11.0.